The molecule has 0 aliphatic rings. The summed E-state index contributed by atoms with van der Waals surface area (Å²) >= 11 is 0. The lowest BCUT2D eigenvalue weighted by Crippen LogP contribution is -1.96. The zero-order chi connectivity index (χ0) is 10.5. The van der Waals surface area contributed by atoms with Crippen molar-refractivity contribution in [1.82, 2.24) is 15.0 Å². The van der Waals surface area contributed by atoms with Gasteiger partial charge in [0, 0.05) is 24.2 Å². The van der Waals surface area contributed by atoms with Gasteiger partial charge in [-0.1, -0.05) is 0 Å². The summed E-state index contributed by atoms with van der Waals surface area (Å²) in [7, 11) is 0. The smallest absolute Gasteiger partial charge is 0.212 e. The number of hydrogen-bond acceptors (Lipinski definition) is 4. The zero-order valence-corrected chi connectivity index (χ0v) is 7.79. The normalized spacial score (nSPS) is 9.60. The van der Waals surface area contributed by atoms with E-state index in [2.05, 4.69) is 20.3 Å². The Hall–Kier alpha value is -2.30. The minimum atomic E-state index is 0.512. The molecule has 2 aromatic rings. The first-order valence-corrected chi connectivity index (χ1v) is 4.33. The number of pyridine rings is 1. The molecule has 0 unspecified atom stereocenters. The minimum Gasteiger partial charge on any atom is -0.313 e. The molecule has 1 N–H and O–H groups in total. The van der Waals surface area contributed by atoms with Crippen molar-refractivity contribution in [2.45, 2.75) is 0 Å². The first-order valence-electron chi connectivity index (χ1n) is 4.33. The lowest BCUT2D eigenvalue weighted by molar-refractivity contribution is -0.105. The van der Waals surface area contributed by atoms with E-state index in [1.54, 1.807) is 30.9 Å². The number of rotatable bonds is 3. The van der Waals surface area contributed by atoms with Crippen LogP contribution in [0.15, 0.2) is 36.9 Å². The average molecular weight is 200 g/mol. The third kappa shape index (κ3) is 2.14. The molecule has 74 valence electrons. The van der Waals surface area contributed by atoms with Gasteiger partial charge in [-0.2, -0.15) is 0 Å². The Balaban J connectivity index is 2.28. The summed E-state index contributed by atoms with van der Waals surface area (Å²) in [6.45, 7) is 0. The van der Waals surface area contributed by atoms with Crippen LogP contribution in [-0.2, 0) is 4.79 Å². The van der Waals surface area contributed by atoms with Crippen LogP contribution in [-0.4, -0.2) is 21.4 Å². The van der Waals surface area contributed by atoms with Gasteiger partial charge in [0.05, 0.1) is 11.9 Å². The monoisotopic (exact) mass is 200 g/mol. The molecule has 0 aromatic carbocycles. The van der Waals surface area contributed by atoms with E-state index in [1.165, 1.54) is 0 Å². The van der Waals surface area contributed by atoms with Gasteiger partial charge in [-0.05, 0) is 12.1 Å². The molecule has 2 aromatic heterocycles. The fraction of sp³-hybridized carbons (Fsp3) is 0. The maximum Gasteiger partial charge on any atom is 0.212 e. The first-order chi connectivity index (χ1) is 7.40. The van der Waals surface area contributed by atoms with Gasteiger partial charge in [0.1, 0.15) is 5.82 Å². The fourth-order valence-electron chi connectivity index (χ4n) is 1.14. The van der Waals surface area contributed by atoms with Crippen LogP contribution in [0.5, 0.6) is 0 Å². The SMILES string of the molecule is O=CNc1ccc(-c2cnccn2)cn1. The molecule has 0 spiro atoms. The average Bonchev–Trinajstić information content (AvgIpc) is 2.32. The molecule has 0 atom stereocenters. The topological polar surface area (TPSA) is 67.8 Å². The highest BCUT2D eigenvalue weighted by Crippen LogP contribution is 2.15. The van der Waals surface area contributed by atoms with Gasteiger partial charge in [-0.3, -0.25) is 14.8 Å². The molecule has 5 nitrogen and oxygen atoms in total. The lowest BCUT2D eigenvalue weighted by Gasteiger charge is -2.00. The molecule has 2 heterocycles. The predicted octanol–water partition coefficient (Wildman–Crippen LogP) is 1.11. The van der Waals surface area contributed by atoms with E-state index in [0.717, 1.165) is 11.3 Å². The van der Waals surface area contributed by atoms with Crippen LogP contribution in [0.3, 0.4) is 0 Å². The number of nitrogens with zero attached hydrogens (tertiary/aromatic N) is 3. The largest absolute Gasteiger partial charge is 0.313 e. The highest BCUT2D eigenvalue weighted by Gasteiger charge is 1.99. The molecule has 0 radical (unpaired) electrons. The number of nitrogens with one attached hydrogen (secondary N) is 1. The van der Waals surface area contributed by atoms with Crippen LogP contribution in [0.25, 0.3) is 11.3 Å². The summed E-state index contributed by atoms with van der Waals surface area (Å²) in [6, 6.07) is 3.53. The van der Waals surface area contributed by atoms with Gasteiger partial charge >= 0.3 is 0 Å². The molecule has 0 bridgehead atoms. The number of aromatic nitrogens is 3. The van der Waals surface area contributed by atoms with Crippen LogP contribution in [0.4, 0.5) is 5.82 Å². The molecular formula is C10H8N4O. The van der Waals surface area contributed by atoms with Gasteiger partial charge in [0.2, 0.25) is 6.41 Å². The molecule has 0 aliphatic heterocycles. The van der Waals surface area contributed by atoms with Crippen LogP contribution in [0, 0.1) is 0 Å². The Morgan fingerprint density at radius 1 is 1.13 bits per heavy atom. The highest BCUT2D eigenvalue weighted by atomic mass is 16.1. The molecule has 0 fully saturated rings. The predicted molar refractivity (Wildman–Crippen MR) is 54.9 cm³/mol. The standard InChI is InChI=1S/C10H8N4O/c15-7-14-10-2-1-8(5-13-10)9-6-11-3-4-12-9/h1-7H,(H,13,14,15). The summed E-state index contributed by atoms with van der Waals surface area (Å²) in [5.74, 6) is 0.512. The Labute approximate surface area is 86.2 Å². The third-order valence-corrected chi connectivity index (χ3v) is 1.83. The van der Waals surface area contributed by atoms with E-state index in [1.807, 2.05) is 6.07 Å². The van der Waals surface area contributed by atoms with Crippen LogP contribution in [0.1, 0.15) is 0 Å². The van der Waals surface area contributed by atoms with E-state index < -0.39 is 0 Å². The second-order valence-corrected chi connectivity index (χ2v) is 2.78. The number of amides is 1. The van der Waals surface area contributed by atoms with Crippen molar-refractivity contribution in [3.05, 3.63) is 36.9 Å². The molecular weight excluding hydrogens is 192 g/mol. The second-order valence-electron chi connectivity index (χ2n) is 2.78. The summed E-state index contributed by atoms with van der Waals surface area (Å²) in [5.41, 5.74) is 1.61. The molecule has 0 aliphatic carbocycles. The molecule has 0 saturated heterocycles. The number of carbonyl (C=O) groups excluding carboxylic acids is 1. The van der Waals surface area contributed by atoms with Gasteiger partial charge in [-0.15, -0.1) is 0 Å². The van der Waals surface area contributed by atoms with Crippen molar-refractivity contribution in [3.63, 3.8) is 0 Å². The quantitative estimate of drug-likeness (QED) is 0.753. The van der Waals surface area contributed by atoms with Crippen molar-refractivity contribution in [3.8, 4) is 11.3 Å². The van der Waals surface area contributed by atoms with Crippen molar-refractivity contribution in [1.29, 1.82) is 0 Å². The van der Waals surface area contributed by atoms with Gasteiger partial charge in [0.15, 0.2) is 0 Å². The van der Waals surface area contributed by atoms with Crippen molar-refractivity contribution >= 4 is 12.2 Å². The summed E-state index contributed by atoms with van der Waals surface area (Å²) in [6.07, 6.45) is 7.11. The van der Waals surface area contributed by atoms with Crippen molar-refractivity contribution < 1.29 is 4.79 Å². The Morgan fingerprint density at radius 3 is 2.67 bits per heavy atom. The Kier molecular flexibility index (Phi) is 2.64. The number of carbonyl (C=O) groups is 1. The maximum absolute atomic E-state index is 10.2. The minimum absolute atomic E-state index is 0.512. The molecule has 15 heavy (non-hydrogen) atoms. The molecule has 1 amide bonds. The number of anilines is 1. The van der Waals surface area contributed by atoms with Crippen molar-refractivity contribution in [2.24, 2.45) is 0 Å². The second kappa shape index (κ2) is 4.28. The zero-order valence-electron chi connectivity index (χ0n) is 7.79. The van der Waals surface area contributed by atoms with Crippen LogP contribution in [0.2, 0.25) is 0 Å². The molecule has 0 saturated carbocycles. The molecule has 5 heteroatoms. The van der Waals surface area contributed by atoms with E-state index in [9.17, 15) is 4.79 Å². The molecule has 2 rings (SSSR count). The Morgan fingerprint density at radius 2 is 2.07 bits per heavy atom. The number of hydrogen-bond donors (Lipinski definition) is 1. The first kappa shape index (κ1) is 9.26. The third-order valence-electron chi connectivity index (χ3n) is 1.83. The lowest BCUT2D eigenvalue weighted by atomic mass is 10.2. The van der Waals surface area contributed by atoms with E-state index >= 15 is 0 Å². The van der Waals surface area contributed by atoms with E-state index in [4.69, 9.17) is 0 Å². The van der Waals surface area contributed by atoms with Gasteiger partial charge < -0.3 is 5.32 Å². The highest BCUT2D eigenvalue weighted by molar-refractivity contribution is 5.69. The maximum atomic E-state index is 10.2. The summed E-state index contributed by atoms with van der Waals surface area (Å²) in [5, 5.41) is 2.46. The van der Waals surface area contributed by atoms with Gasteiger partial charge in [0.25, 0.3) is 0 Å². The summed E-state index contributed by atoms with van der Waals surface area (Å²) < 4.78 is 0. The summed E-state index contributed by atoms with van der Waals surface area (Å²) in [4.78, 5) is 22.3. The van der Waals surface area contributed by atoms with Crippen molar-refractivity contribution in [2.75, 3.05) is 5.32 Å². The fourth-order valence-corrected chi connectivity index (χ4v) is 1.14. The Bertz CT molecular complexity index is 441. The van der Waals surface area contributed by atoms with Gasteiger partial charge in [-0.25, -0.2) is 4.98 Å². The van der Waals surface area contributed by atoms with E-state index in [-0.39, 0.29) is 0 Å². The van der Waals surface area contributed by atoms with Crippen LogP contribution < -0.4 is 5.32 Å². The van der Waals surface area contributed by atoms with E-state index in [0.29, 0.717) is 12.2 Å². The van der Waals surface area contributed by atoms with Crippen LogP contribution >= 0.6 is 0 Å².